The third-order valence-corrected chi connectivity index (χ3v) is 4.41. The standard InChI is InChI=1S/C15H18N2O3S/c1-18-13-4-2-3-12(9-13)17-7-6-16-15(17)21-10-14-5-8-19-11-20-14/h2-4,6-7,9,14H,5,8,10-11H2,1H3/t14-/m1/s1. The molecule has 1 aliphatic heterocycles. The van der Waals surface area contributed by atoms with Crippen LogP contribution in [0.15, 0.2) is 41.8 Å². The van der Waals surface area contributed by atoms with E-state index in [-0.39, 0.29) is 6.10 Å². The lowest BCUT2D eigenvalue weighted by Gasteiger charge is -2.22. The highest BCUT2D eigenvalue weighted by atomic mass is 32.2. The highest BCUT2D eigenvalue weighted by Gasteiger charge is 2.16. The summed E-state index contributed by atoms with van der Waals surface area (Å²) >= 11 is 1.70. The molecular formula is C15H18N2O3S. The first-order chi connectivity index (χ1) is 10.4. The summed E-state index contributed by atoms with van der Waals surface area (Å²) in [6.07, 6.45) is 4.95. The van der Waals surface area contributed by atoms with Crippen LogP contribution in [0.25, 0.3) is 5.69 Å². The fraction of sp³-hybridized carbons (Fsp3) is 0.400. The molecule has 0 spiro atoms. The Bertz CT molecular complexity index is 582. The average Bonchev–Trinajstić information content (AvgIpc) is 3.02. The first-order valence-electron chi connectivity index (χ1n) is 6.87. The van der Waals surface area contributed by atoms with Gasteiger partial charge in [0, 0.05) is 24.2 Å². The molecule has 0 amide bonds. The number of benzene rings is 1. The van der Waals surface area contributed by atoms with E-state index < -0.39 is 0 Å². The van der Waals surface area contributed by atoms with Crippen molar-refractivity contribution in [1.82, 2.24) is 9.55 Å². The molecule has 112 valence electrons. The minimum absolute atomic E-state index is 0.235. The normalized spacial score (nSPS) is 18.6. The first kappa shape index (κ1) is 14.4. The van der Waals surface area contributed by atoms with Crippen LogP contribution >= 0.6 is 11.8 Å². The maximum atomic E-state index is 5.56. The van der Waals surface area contributed by atoms with E-state index >= 15 is 0 Å². The third-order valence-electron chi connectivity index (χ3n) is 3.31. The lowest BCUT2D eigenvalue weighted by atomic mass is 10.3. The molecule has 0 saturated carbocycles. The van der Waals surface area contributed by atoms with Crippen LogP contribution in [0.5, 0.6) is 5.75 Å². The number of imidazole rings is 1. The minimum atomic E-state index is 0.235. The van der Waals surface area contributed by atoms with Crippen LogP contribution in [0, 0.1) is 0 Å². The van der Waals surface area contributed by atoms with Crippen LogP contribution in [0.4, 0.5) is 0 Å². The summed E-state index contributed by atoms with van der Waals surface area (Å²) in [6.45, 7) is 1.17. The van der Waals surface area contributed by atoms with Gasteiger partial charge in [-0.05, 0) is 18.6 Å². The van der Waals surface area contributed by atoms with Crippen molar-refractivity contribution in [3.05, 3.63) is 36.7 Å². The molecule has 2 heterocycles. The Kier molecular flexibility index (Phi) is 4.80. The molecular weight excluding hydrogens is 288 g/mol. The van der Waals surface area contributed by atoms with Crippen LogP contribution in [0.2, 0.25) is 0 Å². The number of aromatic nitrogens is 2. The van der Waals surface area contributed by atoms with Gasteiger partial charge in [-0.2, -0.15) is 0 Å². The molecule has 2 aromatic rings. The second-order valence-corrected chi connectivity index (χ2v) is 5.68. The van der Waals surface area contributed by atoms with Gasteiger partial charge in [0.05, 0.1) is 25.5 Å². The molecule has 5 nitrogen and oxygen atoms in total. The molecule has 1 saturated heterocycles. The molecule has 0 bridgehead atoms. The fourth-order valence-electron chi connectivity index (χ4n) is 2.15. The van der Waals surface area contributed by atoms with Gasteiger partial charge in [0.2, 0.25) is 0 Å². The van der Waals surface area contributed by atoms with E-state index in [0.717, 1.165) is 35.4 Å². The monoisotopic (exact) mass is 306 g/mol. The molecule has 0 N–H and O–H groups in total. The van der Waals surface area contributed by atoms with E-state index in [2.05, 4.69) is 9.55 Å². The molecule has 1 fully saturated rings. The Morgan fingerprint density at radius 2 is 2.43 bits per heavy atom. The fourth-order valence-corrected chi connectivity index (χ4v) is 3.19. The molecule has 0 aliphatic carbocycles. The van der Waals surface area contributed by atoms with E-state index in [1.54, 1.807) is 18.9 Å². The predicted molar refractivity (Wildman–Crippen MR) is 81.1 cm³/mol. The Hall–Kier alpha value is -1.50. The molecule has 1 aromatic heterocycles. The van der Waals surface area contributed by atoms with E-state index in [1.165, 1.54) is 0 Å². The number of hydrogen-bond acceptors (Lipinski definition) is 5. The van der Waals surface area contributed by atoms with Gasteiger partial charge in [-0.1, -0.05) is 17.8 Å². The van der Waals surface area contributed by atoms with E-state index in [0.29, 0.717) is 6.79 Å². The molecule has 21 heavy (non-hydrogen) atoms. The summed E-state index contributed by atoms with van der Waals surface area (Å²) in [5, 5.41) is 0.957. The zero-order chi connectivity index (χ0) is 14.5. The summed E-state index contributed by atoms with van der Waals surface area (Å²) in [7, 11) is 1.67. The van der Waals surface area contributed by atoms with Crippen LogP contribution in [-0.4, -0.2) is 41.9 Å². The summed E-state index contributed by atoms with van der Waals surface area (Å²) in [5.41, 5.74) is 1.04. The zero-order valence-corrected chi connectivity index (χ0v) is 12.7. The molecule has 0 radical (unpaired) electrons. The molecule has 3 rings (SSSR count). The molecule has 1 aromatic carbocycles. The van der Waals surface area contributed by atoms with Crippen LogP contribution < -0.4 is 4.74 Å². The molecule has 0 unspecified atom stereocenters. The van der Waals surface area contributed by atoms with Crippen LogP contribution in [0.3, 0.4) is 0 Å². The lowest BCUT2D eigenvalue weighted by Crippen LogP contribution is -2.25. The smallest absolute Gasteiger partial charge is 0.172 e. The van der Waals surface area contributed by atoms with Crippen molar-refractivity contribution in [3.63, 3.8) is 0 Å². The van der Waals surface area contributed by atoms with Crippen molar-refractivity contribution in [2.75, 3.05) is 26.3 Å². The van der Waals surface area contributed by atoms with Gasteiger partial charge >= 0.3 is 0 Å². The average molecular weight is 306 g/mol. The molecule has 6 heteroatoms. The lowest BCUT2D eigenvalue weighted by molar-refractivity contribution is -0.130. The van der Waals surface area contributed by atoms with Gasteiger partial charge in [0.25, 0.3) is 0 Å². The number of rotatable bonds is 5. The van der Waals surface area contributed by atoms with Crippen molar-refractivity contribution >= 4 is 11.8 Å². The second-order valence-electron chi connectivity index (χ2n) is 4.70. The van der Waals surface area contributed by atoms with Gasteiger partial charge in [0.15, 0.2) is 5.16 Å². The van der Waals surface area contributed by atoms with Gasteiger partial charge < -0.3 is 14.2 Å². The van der Waals surface area contributed by atoms with Crippen molar-refractivity contribution < 1.29 is 14.2 Å². The third kappa shape index (κ3) is 3.58. The van der Waals surface area contributed by atoms with E-state index in [9.17, 15) is 0 Å². The van der Waals surface area contributed by atoms with Crippen LogP contribution in [-0.2, 0) is 9.47 Å². The predicted octanol–water partition coefficient (Wildman–Crippen LogP) is 2.74. The number of hydrogen-bond donors (Lipinski definition) is 0. The van der Waals surface area contributed by atoms with Crippen molar-refractivity contribution in [2.45, 2.75) is 17.7 Å². The highest BCUT2D eigenvalue weighted by molar-refractivity contribution is 7.99. The molecule has 1 aliphatic rings. The minimum Gasteiger partial charge on any atom is -0.497 e. The second kappa shape index (κ2) is 6.98. The summed E-state index contributed by atoms with van der Waals surface area (Å²) in [5.74, 6) is 1.72. The van der Waals surface area contributed by atoms with Gasteiger partial charge in [-0.15, -0.1) is 0 Å². The summed E-state index contributed by atoms with van der Waals surface area (Å²) in [4.78, 5) is 4.43. The number of methoxy groups -OCH3 is 1. The van der Waals surface area contributed by atoms with Crippen molar-refractivity contribution in [2.24, 2.45) is 0 Å². The quantitative estimate of drug-likeness (QED) is 0.795. The molecule has 1 atom stereocenters. The van der Waals surface area contributed by atoms with E-state index in [4.69, 9.17) is 14.2 Å². The largest absolute Gasteiger partial charge is 0.497 e. The Morgan fingerprint density at radius 3 is 3.24 bits per heavy atom. The zero-order valence-electron chi connectivity index (χ0n) is 11.9. The maximum absolute atomic E-state index is 5.56. The first-order valence-corrected chi connectivity index (χ1v) is 7.85. The SMILES string of the molecule is COc1cccc(-n2ccnc2SC[C@H]2CCOCO2)c1. The van der Waals surface area contributed by atoms with Gasteiger partial charge in [-0.3, -0.25) is 4.57 Å². The van der Waals surface area contributed by atoms with E-state index in [1.807, 2.05) is 36.7 Å². The number of ether oxygens (including phenoxy) is 3. The number of thioether (sulfide) groups is 1. The Labute approximate surface area is 128 Å². The summed E-state index contributed by atoms with van der Waals surface area (Å²) < 4.78 is 18.1. The van der Waals surface area contributed by atoms with Gasteiger partial charge in [-0.25, -0.2) is 4.98 Å². The highest BCUT2D eigenvalue weighted by Crippen LogP contribution is 2.25. The maximum Gasteiger partial charge on any atom is 0.172 e. The van der Waals surface area contributed by atoms with Crippen LogP contribution in [0.1, 0.15) is 6.42 Å². The number of nitrogens with zero attached hydrogens (tertiary/aromatic N) is 2. The summed E-state index contributed by atoms with van der Waals surface area (Å²) in [6, 6.07) is 7.95. The Balaban J connectivity index is 1.70. The van der Waals surface area contributed by atoms with Crippen molar-refractivity contribution in [1.29, 1.82) is 0 Å². The van der Waals surface area contributed by atoms with Gasteiger partial charge in [0.1, 0.15) is 12.5 Å². The van der Waals surface area contributed by atoms with Crippen molar-refractivity contribution in [3.8, 4) is 11.4 Å². The Morgan fingerprint density at radius 1 is 1.48 bits per heavy atom. The topological polar surface area (TPSA) is 45.5 Å².